The molecule has 1 N–H and O–H groups in total. The van der Waals surface area contributed by atoms with E-state index < -0.39 is 0 Å². The van der Waals surface area contributed by atoms with E-state index in [9.17, 15) is 0 Å². The normalized spacial score (nSPS) is 10.8. The molecule has 0 amide bonds. The van der Waals surface area contributed by atoms with E-state index >= 15 is 0 Å². The first-order valence-electron chi connectivity index (χ1n) is 6.12. The Bertz CT molecular complexity index is 788. The predicted octanol–water partition coefficient (Wildman–Crippen LogP) is 3.43. The standard InChI is InChI=1S/C14H12ClN5/c1-8-3-4-10(7-9(8)2)18-13-11-12(17-6-5-16-11)19-14(15)20-13/h3-7H,1-2H3,(H,17,18,19,20). The summed E-state index contributed by atoms with van der Waals surface area (Å²) < 4.78 is 0. The molecule has 0 spiro atoms. The van der Waals surface area contributed by atoms with E-state index in [0.29, 0.717) is 17.0 Å². The van der Waals surface area contributed by atoms with Crippen LogP contribution in [0.5, 0.6) is 0 Å². The van der Waals surface area contributed by atoms with Crippen molar-refractivity contribution in [1.82, 2.24) is 19.9 Å². The molecule has 2 heterocycles. The third-order valence-corrected chi connectivity index (χ3v) is 3.24. The zero-order chi connectivity index (χ0) is 14.1. The topological polar surface area (TPSA) is 63.6 Å². The number of nitrogens with one attached hydrogen (secondary N) is 1. The number of hydrogen-bond acceptors (Lipinski definition) is 5. The molecule has 0 fully saturated rings. The van der Waals surface area contributed by atoms with Gasteiger partial charge in [0.1, 0.15) is 0 Å². The van der Waals surface area contributed by atoms with Gasteiger partial charge in [0, 0.05) is 18.1 Å². The van der Waals surface area contributed by atoms with Gasteiger partial charge >= 0.3 is 0 Å². The largest absolute Gasteiger partial charge is 0.338 e. The molecule has 20 heavy (non-hydrogen) atoms. The first-order chi connectivity index (χ1) is 9.63. The van der Waals surface area contributed by atoms with Crippen molar-refractivity contribution in [3.63, 3.8) is 0 Å². The van der Waals surface area contributed by atoms with Crippen LogP contribution in [0.25, 0.3) is 11.2 Å². The SMILES string of the molecule is Cc1ccc(Nc2nc(Cl)nc3nccnc23)cc1C. The summed E-state index contributed by atoms with van der Waals surface area (Å²) in [6, 6.07) is 6.09. The molecule has 0 aliphatic rings. The minimum atomic E-state index is 0.143. The average Bonchev–Trinajstić information content (AvgIpc) is 2.43. The second-order valence-corrected chi connectivity index (χ2v) is 4.83. The maximum absolute atomic E-state index is 5.92. The average molecular weight is 286 g/mol. The van der Waals surface area contributed by atoms with Gasteiger partial charge in [0.15, 0.2) is 17.0 Å². The molecular weight excluding hydrogens is 274 g/mol. The fraction of sp³-hybridized carbons (Fsp3) is 0.143. The minimum Gasteiger partial charge on any atom is -0.338 e. The Hall–Kier alpha value is -2.27. The number of anilines is 2. The maximum Gasteiger partial charge on any atom is 0.226 e. The van der Waals surface area contributed by atoms with Crippen LogP contribution in [0, 0.1) is 13.8 Å². The highest BCUT2D eigenvalue weighted by molar-refractivity contribution is 6.28. The first-order valence-corrected chi connectivity index (χ1v) is 6.50. The molecule has 1 aromatic carbocycles. The van der Waals surface area contributed by atoms with Gasteiger partial charge in [0.05, 0.1) is 0 Å². The summed E-state index contributed by atoms with van der Waals surface area (Å²) in [5.74, 6) is 0.552. The zero-order valence-corrected chi connectivity index (χ0v) is 11.8. The Morgan fingerprint density at radius 2 is 1.80 bits per heavy atom. The molecule has 0 saturated carbocycles. The lowest BCUT2D eigenvalue weighted by atomic mass is 10.1. The van der Waals surface area contributed by atoms with Gasteiger partial charge < -0.3 is 5.32 Å². The summed E-state index contributed by atoms with van der Waals surface area (Å²) in [5, 5.41) is 3.36. The quantitative estimate of drug-likeness (QED) is 0.731. The predicted molar refractivity (Wildman–Crippen MR) is 79.3 cm³/mol. The lowest BCUT2D eigenvalue weighted by Crippen LogP contribution is -2.00. The molecular formula is C14H12ClN5. The summed E-state index contributed by atoms with van der Waals surface area (Å²) in [7, 11) is 0. The van der Waals surface area contributed by atoms with E-state index in [1.54, 1.807) is 12.4 Å². The molecule has 100 valence electrons. The monoisotopic (exact) mass is 285 g/mol. The van der Waals surface area contributed by atoms with Gasteiger partial charge in [-0.15, -0.1) is 0 Å². The molecule has 0 radical (unpaired) electrons. The van der Waals surface area contributed by atoms with E-state index in [-0.39, 0.29) is 5.28 Å². The summed E-state index contributed by atoms with van der Waals surface area (Å²) >= 11 is 5.92. The number of fused-ring (bicyclic) bond motifs is 1. The van der Waals surface area contributed by atoms with Crippen molar-refractivity contribution in [2.75, 3.05) is 5.32 Å². The van der Waals surface area contributed by atoms with Crippen molar-refractivity contribution in [2.45, 2.75) is 13.8 Å². The molecule has 2 aromatic heterocycles. The van der Waals surface area contributed by atoms with Crippen LogP contribution in [-0.4, -0.2) is 19.9 Å². The van der Waals surface area contributed by atoms with Crippen LogP contribution in [0.4, 0.5) is 11.5 Å². The number of aryl methyl sites for hydroxylation is 2. The summed E-state index contributed by atoms with van der Waals surface area (Å²) in [5.41, 5.74) is 4.43. The molecule has 3 rings (SSSR count). The molecule has 6 heteroatoms. The molecule has 0 unspecified atom stereocenters. The van der Waals surface area contributed by atoms with Crippen molar-refractivity contribution >= 4 is 34.3 Å². The lowest BCUT2D eigenvalue weighted by Gasteiger charge is -2.09. The van der Waals surface area contributed by atoms with Crippen molar-refractivity contribution in [3.8, 4) is 0 Å². The van der Waals surface area contributed by atoms with Crippen molar-refractivity contribution < 1.29 is 0 Å². The summed E-state index contributed by atoms with van der Waals surface area (Å²) in [6.45, 7) is 4.13. The number of halogens is 1. The summed E-state index contributed by atoms with van der Waals surface area (Å²) in [4.78, 5) is 16.6. The van der Waals surface area contributed by atoms with Crippen LogP contribution >= 0.6 is 11.6 Å². The third kappa shape index (κ3) is 2.40. The number of aromatic nitrogens is 4. The van der Waals surface area contributed by atoms with Crippen LogP contribution in [-0.2, 0) is 0 Å². The Morgan fingerprint density at radius 1 is 1.00 bits per heavy atom. The van der Waals surface area contributed by atoms with Crippen LogP contribution in [0.15, 0.2) is 30.6 Å². The minimum absolute atomic E-state index is 0.143. The smallest absolute Gasteiger partial charge is 0.226 e. The molecule has 0 atom stereocenters. The van der Waals surface area contributed by atoms with E-state index in [1.165, 1.54) is 11.1 Å². The molecule has 0 bridgehead atoms. The number of hydrogen-bond donors (Lipinski definition) is 1. The Labute approximate surface area is 121 Å². The zero-order valence-electron chi connectivity index (χ0n) is 11.1. The van der Waals surface area contributed by atoms with Crippen LogP contribution < -0.4 is 5.32 Å². The number of benzene rings is 1. The molecule has 3 aromatic rings. The van der Waals surface area contributed by atoms with E-state index in [4.69, 9.17) is 11.6 Å². The van der Waals surface area contributed by atoms with Crippen LogP contribution in [0.2, 0.25) is 5.28 Å². The van der Waals surface area contributed by atoms with Gasteiger partial charge in [0.25, 0.3) is 0 Å². The Kier molecular flexibility index (Phi) is 3.20. The highest BCUT2D eigenvalue weighted by Crippen LogP contribution is 2.23. The second kappa shape index (κ2) is 5.02. The fourth-order valence-electron chi connectivity index (χ4n) is 1.88. The van der Waals surface area contributed by atoms with Crippen molar-refractivity contribution in [2.24, 2.45) is 0 Å². The maximum atomic E-state index is 5.92. The van der Waals surface area contributed by atoms with Crippen molar-refractivity contribution in [1.29, 1.82) is 0 Å². The van der Waals surface area contributed by atoms with E-state index in [0.717, 1.165) is 5.69 Å². The van der Waals surface area contributed by atoms with Gasteiger partial charge in [0.2, 0.25) is 5.28 Å². The third-order valence-electron chi connectivity index (χ3n) is 3.08. The van der Waals surface area contributed by atoms with E-state index in [2.05, 4.69) is 39.1 Å². The number of nitrogens with zero attached hydrogens (tertiary/aromatic N) is 4. The number of rotatable bonds is 2. The van der Waals surface area contributed by atoms with Gasteiger partial charge in [-0.1, -0.05) is 6.07 Å². The second-order valence-electron chi connectivity index (χ2n) is 4.49. The first kappa shape index (κ1) is 12.7. The van der Waals surface area contributed by atoms with Gasteiger partial charge in [-0.3, -0.25) is 0 Å². The molecule has 0 aliphatic heterocycles. The Morgan fingerprint density at radius 3 is 2.60 bits per heavy atom. The summed E-state index contributed by atoms with van der Waals surface area (Å²) in [6.07, 6.45) is 3.18. The molecule has 0 saturated heterocycles. The van der Waals surface area contributed by atoms with Gasteiger partial charge in [-0.25, -0.2) is 9.97 Å². The lowest BCUT2D eigenvalue weighted by molar-refractivity contribution is 1.15. The van der Waals surface area contributed by atoms with Gasteiger partial charge in [-0.2, -0.15) is 9.97 Å². The fourth-order valence-corrected chi connectivity index (χ4v) is 2.04. The van der Waals surface area contributed by atoms with Gasteiger partial charge in [-0.05, 0) is 48.7 Å². The van der Waals surface area contributed by atoms with Crippen LogP contribution in [0.1, 0.15) is 11.1 Å². The van der Waals surface area contributed by atoms with Crippen LogP contribution in [0.3, 0.4) is 0 Å². The molecule has 0 aliphatic carbocycles. The molecule has 5 nitrogen and oxygen atoms in total. The Balaban J connectivity index is 2.07. The van der Waals surface area contributed by atoms with E-state index in [1.807, 2.05) is 18.2 Å². The van der Waals surface area contributed by atoms with Crippen molar-refractivity contribution in [3.05, 3.63) is 47.0 Å². The highest BCUT2D eigenvalue weighted by atomic mass is 35.5. The highest BCUT2D eigenvalue weighted by Gasteiger charge is 2.09.